The number of benzene rings is 8. The lowest BCUT2D eigenvalue weighted by Crippen LogP contribution is -1.94. The van der Waals surface area contributed by atoms with E-state index in [-0.39, 0.29) is 0 Å². The SMILES string of the molecule is c1ccc(-c2ccc3oc4c(-c5cccc6oc7cc(-c8ccc9c%10ccccc%10n(-c%10ccccc%10)c9c8)ccc7c56)nc(-c5ccccc5)nc4c3c2)cc1. The first-order chi connectivity index (χ1) is 28.2. The number of fused-ring (bicyclic) bond motifs is 9. The van der Waals surface area contributed by atoms with Crippen molar-refractivity contribution in [3.63, 3.8) is 0 Å². The second-order valence-corrected chi connectivity index (χ2v) is 14.5. The van der Waals surface area contributed by atoms with E-state index in [1.165, 1.54) is 16.3 Å². The van der Waals surface area contributed by atoms with Gasteiger partial charge in [0.2, 0.25) is 0 Å². The molecule has 12 aromatic rings. The summed E-state index contributed by atoms with van der Waals surface area (Å²) in [6, 6.07) is 65.5. The van der Waals surface area contributed by atoms with Gasteiger partial charge in [0.05, 0.1) is 11.0 Å². The molecule has 57 heavy (non-hydrogen) atoms. The first-order valence-electron chi connectivity index (χ1n) is 19.1. The van der Waals surface area contributed by atoms with Gasteiger partial charge in [-0.3, -0.25) is 0 Å². The maximum Gasteiger partial charge on any atom is 0.180 e. The molecule has 0 saturated carbocycles. The van der Waals surface area contributed by atoms with E-state index in [1.807, 2.05) is 42.5 Å². The second-order valence-electron chi connectivity index (χ2n) is 14.5. The molecule has 0 spiro atoms. The van der Waals surface area contributed by atoms with Gasteiger partial charge >= 0.3 is 0 Å². The molecule has 8 aromatic carbocycles. The molecule has 0 aliphatic heterocycles. The Hall–Kier alpha value is -7.76. The fourth-order valence-corrected chi connectivity index (χ4v) is 8.56. The summed E-state index contributed by atoms with van der Waals surface area (Å²) in [5.41, 5.74) is 14.3. The Morgan fingerprint density at radius 1 is 0.386 bits per heavy atom. The highest BCUT2D eigenvalue weighted by Gasteiger charge is 2.23. The normalized spacial score (nSPS) is 11.9. The zero-order chi connectivity index (χ0) is 37.5. The Labute approximate surface area is 326 Å². The quantitative estimate of drug-likeness (QED) is 0.177. The summed E-state index contributed by atoms with van der Waals surface area (Å²) >= 11 is 0. The van der Waals surface area contributed by atoms with Crippen LogP contribution in [0.25, 0.3) is 116 Å². The molecule has 4 aromatic heterocycles. The van der Waals surface area contributed by atoms with Gasteiger partial charge in [0.15, 0.2) is 11.4 Å². The highest BCUT2D eigenvalue weighted by Crippen LogP contribution is 2.43. The minimum absolute atomic E-state index is 0.640. The van der Waals surface area contributed by atoms with Gasteiger partial charge in [-0.05, 0) is 76.9 Å². The van der Waals surface area contributed by atoms with E-state index in [0.29, 0.717) is 11.4 Å². The van der Waals surface area contributed by atoms with Crippen LogP contribution in [0.4, 0.5) is 0 Å². The standard InChI is InChI=1S/C52H31N3O2/c1-4-13-32(14-5-1)34-25-28-45-42(29-34)50-51(57-45)49(53-52(54-50)33-15-6-2-7-16-33)41-20-12-22-46-48(41)40-27-24-36(31-47(40)56-46)35-23-26-39-38-19-10-11-21-43(38)55(44(39)30-35)37-17-8-3-9-18-37/h1-31H. The van der Waals surface area contributed by atoms with Crippen LogP contribution in [-0.4, -0.2) is 14.5 Å². The molecule has 12 rings (SSSR count). The molecule has 0 unspecified atom stereocenters. The van der Waals surface area contributed by atoms with E-state index in [9.17, 15) is 0 Å². The Morgan fingerprint density at radius 2 is 1.05 bits per heavy atom. The van der Waals surface area contributed by atoms with Gasteiger partial charge in [-0.1, -0.05) is 133 Å². The molecule has 5 nitrogen and oxygen atoms in total. The molecule has 0 N–H and O–H groups in total. The van der Waals surface area contributed by atoms with Gasteiger partial charge in [-0.25, -0.2) is 9.97 Å². The minimum Gasteiger partial charge on any atom is -0.456 e. The summed E-state index contributed by atoms with van der Waals surface area (Å²) < 4.78 is 15.7. The summed E-state index contributed by atoms with van der Waals surface area (Å²) in [7, 11) is 0. The van der Waals surface area contributed by atoms with Crippen molar-refractivity contribution in [1.29, 1.82) is 0 Å². The van der Waals surface area contributed by atoms with Crippen LogP contribution in [0.5, 0.6) is 0 Å². The van der Waals surface area contributed by atoms with Gasteiger partial charge < -0.3 is 13.4 Å². The molecule has 0 aliphatic rings. The summed E-state index contributed by atoms with van der Waals surface area (Å²) in [6.45, 7) is 0. The van der Waals surface area contributed by atoms with Gasteiger partial charge in [0.25, 0.3) is 0 Å². The van der Waals surface area contributed by atoms with Crippen molar-refractivity contribution in [3.05, 3.63) is 188 Å². The van der Waals surface area contributed by atoms with Crippen LogP contribution in [-0.2, 0) is 0 Å². The highest BCUT2D eigenvalue weighted by atomic mass is 16.3. The topological polar surface area (TPSA) is 57.0 Å². The molecule has 4 heterocycles. The lowest BCUT2D eigenvalue weighted by Gasteiger charge is -2.09. The molecule has 0 amide bonds. The number of nitrogens with zero attached hydrogens (tertiary/aromatic N) is 3. The average molecular weight is 730 g/mol. The largest absolute Gasteiger partial charge is 0.456 e. The Morgan fingerprint density at radius 3 is 1.88 bits per heavy atom. The van der Waals surface area contributed by atoms with Gasteiger partial charge in [0, 0.05) is 43.7 Å². The molecule has 0 saturated heterocycles. The summed E-state index contributed by atoms with van der Waals surface area (Å²) in [6.07, 6.45) is 0. The number of furan rings is 2. The van der Waals surface area contributed by atoms with Crippen molar-refractivity contribution >= 4 is 65.8 Å². The zero-order valence-electron chi connectivity index (χ0n) is 30.6. The molecule has 266 valence electrons. The number of hydrogen-bond acceptors (Lipinski definition) is 4. The van der Waals surface area contributed by atoms with Crippen molar-refractivity contribution in [2.75, 3.05) is 0 Å². The van der Waals surface area contributed by atoms with Crippen molar-refractivity contribution in [1.82, 2.24) is 14.5 Å². The minimum atomic E-state index is 0.640. The fourth-order valence-electron chi connectivity index (χ4n) is 8.56. The third-order valence-corrected chi connectivity index (χ3v) is 11.2. The Kier molecular flexibility index (Phi) is 6.86. The summed E-state index contributed by atoms with van der Waals surface area (Å²) in [4.78, 5) is 10.4. The third kappa shape index (κ3) is 4.96. The van der Waals surface area contributed by atoms with Crippen molar-refractivity contribution in [2.24, 2.45) is 0 Å². The average Bonchev–Trinajstić information content (AvgIpc) is 3.95. The van der Waals surface area contributed by atoms with E-state index >= 15 is 0 Å². The predicted octanol–water partition coefficient (Wildman–Crippen LogP) is 14.0. The smallest absolute Gasteiger partial charge is 0.180 e. The fraction of sp³-hybridized carbons (Fsp3) is 0. The van der Waals surface area contributed by atoms with Crippen LogP contribution in [0.1, 0.15) is 0 Å². The summed E-state index contributed by atoms with van der Waals surface area (Å²) in [5.74, 6) is 0.640. The van der Waals surface area contributed by atoms with E-state index in [1.54, 1.807) is 0 Å². The third-order valence-electron chi connectivity index (χ3n) is 11.2. The molecule has 0 atom stereocenters. The molecule has 0 radical (unpaired) electrons. The van der Waals surface area contributed by atoms with Gasteiger partial charge in [0.1, 0.15) is 28.0 Å². The first-order valence-corrected chi connectivity index (χ1v) is 19.1. The number of rotatable bonds is 5. The number of aromatic nitrogens is 3. The van der Waals surface area contributed by atoms with Gasteiger partial charge in [-0.15, -0.1) is 0 Å². The molecule has 0 bridgehead atoms. The van der Waals surface area contributed by atoms with Crippen LogP contribution in [0, 0.1) is 0 Å². The molecule has 0 aliphatic carbocycles. The van der Waals surface area contributed by atoms with Crippen molar-refractivity contribution < 1.29 is 8.83 Å². The summed E-state index contributed by atoms with van der Waals surface area (Å²) in [5, 5.41) is 5.41. The molecular formula is C52H31N3O2. The maximum absolute atomic E-state index is 6.68. The van der Waals surface area contributed by atoms with Crippen LogP contribution < -0.4 is 0 Å². The maximum atomic E-state index is 6.68. The highest BCUT2D eigenvalue weighted by molar-refractivity contribution is 6.17. The van der Waals surface area contributed by atoms with Crippen molar-refractivity contribution in [2.45, 2.75) is 0 Å². The first kappa shape index (κ1) is 31.6. The van der Waals surface area contributed by atoms with E-state index in [0.717, 1.165) is 88.7 Å². The van der Waals surface area contributed by atoms with E-state index < -0.39 is 0 Å². The zero-order valence-corrected chi connectivity index (χ0v) is 30.6. The molecule has 5 heteroatoms. The van der Waals surface area contributed by atoms with E-state index in [4.69, 9.17) is 18.8 Å². The lowest BCUT2D eigenvalue weighted by atomic mass is 9.99. The van der Waals surface area contributed by atoms with Crippen LogP contribution in [0.15, 0.2) is 197 Å². The monoisotopic (exact) mass is 729 g/mol. The molecular weight excluding hydrogens is 699 g/mol. The van der Waals surface area contributed by atoms with Crippen LogP contribution in [0.3, 0.4) is 0 Å². The van der Waals surface area contributed by atoms with E-state index in [2.05, 4.69) is 150 Å². The van der Waals surface area contributed by atoms with Gasteiger partial charge in [-0.2, -0.15) is 0 Å². The number of para-hydroxylation sites is 2. The lowest BCUT2D eigenvalue weighted by molar-refractivity contribution is 0.667. The molecule has 0 fully saturated rings. The van der Waals surface area contributed by atoms with Crippen molar-refractivity contribution in [3.8, 4) is 50.6 Å². The Balaban J connectivity index is 1.05. The van der Waals surface area contributed by atoms with Crippen LogP contribution in [0.2, 0.25) is 0 Å². The Bertz CT molecular complexity index is 3510. The number of hydrogen-bond donors (Lipinski definition) is 0. The predicted molar refractivity (Wildman–Crippen MR) is 233 cm³/mol. The second kappa shape index (κ2) is 12.4. The van der Waals surface area contributed by atoms with Crippen LogP contribution >= 0.6 is 0 Å².